The van der Waals surface area contributed by atoms with Crippen LogP contribution in [0, 0.1) is 0 Å². The van der Waals surface area contributed by atoms with Crippen LogP contribution in [0.2, 0.25) is 0 Å². The summed E-state index contributed by atoms with van der Waals surface area (Å²) in [7, 11) is 0. The molecule has 0 aromatic heterocycles. The number of hydrogen-bond acceptors (Lipinski definition) is 4. The van der Waals surface area contributed by atoms with Gasteiger partial charge in [0.15, 0.2) is 0 Å². The van der Waals surface area contributed by atoms with Crippen molar-refractivity contribution >= 4 is 5.69 Å². The summed E-state index contributed by atoms with van der Waals surface area (Å²) >= 11 is 0. The molecular weight excluding hydrogens is 238 g/mol. The minimum absolute atomic E-state index is 0.316. The molecule has 3 N–H and O–H groups in total. The quantitative estimate of drug-likeness (QED) is 0.757. The zero-order chi connectivity index (χ0) is 13.1. The van der Waals surface area contributed by atoms with E-state index >= 15 is 0 Å². The molecule has 2 saturated heterocycles. The summed E-state index contributed by atoms with van der Waals surface area (Å²) in [6, 6.07) is 6.48. The number of piperazine rings is 1. The number of hydrogen-bond donors (Lipinski definition) is 3. The Hall–Kier alpha value is -1.26. The molecule has 0 saturated carbocycles. The molecule has 2 aliphatic rings. The van der Waals surface area contributed by atoms with E-state index in [4.69, 9.17) is 0 Å². The first-order valence-electron chi connectivity index (χ1n) is 7.37. The smallest absolute Gasteiger partial charge is 0.143 e. The molecule has 0 radical (unpaired) electrons. The van der Waals surface area contributed by atoms with Crippen molar-refractivity contribution in [1.82, 2.24) is 10.6 Å². The molecule has 2 fully saturated rings. The van der Waals surface area contributed by atoms with Crippen LogP contribution in [0.3, 0.4) is 0 Å². The molecule has 1 aromatic carbocycles. The van der Waals surface area contributed by atoms with Gasteiger partial charge >= 0.3 is 0 Å². The van der Waals surface area contributed by atoms with E-state index in [-0.39, 0.29) is 0 Å². The molecule has 1 atom stereocenters. The molecular formula is C15H23N3O. The van der Waals surface area contributed by atoms with Gasteiger partial charge in [0.05, 0.1) is 5.69 Å². The average Bonchev–Trinajstić information content (AvgIpc) is 2.49. The number of piperidine rings is 1. The number of phenolic OH excluding ortho intramolecular Hbond substituents is 1. The Kier molecular flexibility index (Phi) is 3.89. The fourth-order valence-electron chi connectivity index (χ4n) is 3.11. The summed E-state index contributed by atoms with van der Waals surface area (Å²) in [4.78, 5) is 2.28. The van der Waals surface area contributed by atoms with Crippen LogP contribution >= 0.6 is 0 Å². The lowest BCUT2D eigenvalue weighted by molar-refractivity contribution is 0.390. The Labute approximate surface area is 114 Å². The number of rotatable bonds is 2. The minimum Gasteiger partial charge on any atom is -0.505 e. The molecule has 2 aliphatic heterocycles. The fraction of sp³-hybridized carbons (Fsp3) is 0.600. The molecule has 2 heterocycles. The van der Waals surface area contributed by atoms with Gasteiger partial charge in [-0.15, -0.1) is 0 Å². The van der Waals surface area contributed by atoms with Gasteiger partial charge in [0.1, 0.15) is 5.75 Å². The zero-order valence-corrected chi connectivity index (χ0v) is 11.4. The molecule has 0 unspecified atom stereocenters. The van der Waals surface area contributed by atoms with E-state index in [0.717, 1.165) is 50.4 Å². The monoisotopic (exact) mass is 261 g/mol. The van der Waals surface area contributed by atoms with Crippen LogP contribution in [-0.2, 0) is 0 Å². The molecule has 4 nitrogen and oxygen atoms in total. The second-order valence-corrected chi connectivity index (χ2v) is 5.45. The molecule has 0 amide bonds. The van der Waals surface area contributed by atoms with Crippen LogP contribution in [0.25, 0.3) is 0 Å². The van der Waals surface area contributed by atoms with Crippen molar-refractivity contribution in [3.8, 4) is 5.75 Å². The van der Waals surface area contributed by atoms with E-state index in [1.807, 2.05) is 6.07 Å². The fourth-order valence-corrected chi connectivity index (χ4v) is 3.11. The average molecular weight is 261 g/mol. The van der Waals surface area contributed by atoms with Crippen molar-refractivity contribution in [2.75, 3.05) is 37.6 Å². The number of nitrogens with zero attached hydrogens (tertiary/aromatic N) is 1. The summed E-state index contributed by atoms with van der Waals surface area (Å²) < 4.78 is 0. The van der Waals surface area contributed by atoms with Crippen molar-refractivity contribution in [2.45, 2.75) is 25.3 Å². The van der Waals surface area contributed by atoms with Crippen LogP contribution in [0.4, 0.5) is 5.69 Å². The molecule has 4 heteroatoms. The van der Waals surface area contributed by atoms with Crippen molar-refractivity contribution in [2.24, 2.45) is 0 Å². The third-order valence-corrected chi connectivity index (χ3v) is 4.19. The summed E-state index contributed by atoms with van der Waals surface area (Å²) in [5, 5.41) is 17.5. The zero-order valence-electron chi connectivity index (χ0n) is 11.4. The second-order valence-electron chi connectivity index (χ2n) is 5.45. The molecule has 3 rings (SSSR count). The first-order chi connectivity index (χ1) is 9.36. The van der Waals surface area contributed by atoms with E-state index in [0.29, 0.717) is 11.8 Å². The van der Waals surface area contributed by atoms with Crippen LogP contribution in [0.5, 0.6) is 5.75 Å². The lowest BCUT2D eigenvalue weighted by Crippen LogP contribution is -2.43. The van der Waals surface area contributed by atoms with Gasteiger partial charge in [-0.05, 0) is 25.5 Å². The van der Waals surface area contributed by atoms with E-state index in [9.17, 15) is 5.11 Å². The summed E-state index contributed by atoms with van der Waals surface area (Å²) in [6.45, 7) is 4.98. The van der Waals surface area contributed by atoms with Gasteiger partial charge in [0, 0.05) is 37.8 Å². The number of nitrogens with one attached hydrogen (secondary N) is 2. The number of para-hydroxylation sites is 1. The molecule has 0 bridgehead atoms. The molecule has 19 heavy (non-hydrogen) atoms. The Balaban J connectivity index is 1.84. The van der Waals surface area contributed by atoms with Gasteiger partial charge in [-0.3, -0.25) is 0 Å². The summed E-state index contributed by atoms with van der Waals surface area (Å²) in [5.74, 6) is 0.476. The predicted octanol–water partition coefficient (Wildman–Crippen LogP) is 1.62. The summed E-state index contributed by atoms with van der Waals surface area (Å²) in [5.41, 5.74) is 2.06. The van der Waals surface area contributed by atoms with Crippen molar-refractivity contribution in [3.63, 3.8) is 0 Å². The van der Waals surface area contributed by atoms with Crippen LogP contribution in [0.15, 0.2) is 18.2 Å². The highest BCUT2D eigenvalue weighted by Crippen LogP contribution is 2.37. The Bertz CT molecular complexity index is 387. The minimum atomic E-state index is 0.316. The predicted molar refractivity (Wildman–Crippen MR) is 77.8 cm³/mol. The number of phenols is 1. The van der Waals surface area contributed by atoms with E-state index < -0.39 is 0 Å². The van der Waals surface area contributed by atoms with Gasteiger partial charge in [-0.1, -0.05) is 18.6 Å². The maximum absolute atomic E-state index is 10.6. The molecule has 104 valence electrons. The Morgan fingerprint density at radius 2 is 1.95 bits per heavy atom. The maximum Gasteiger partial charge on any atom is 0.143 e. The largest absolute Gasteiger partial charge is 0.505 e. The van der Waals surface area contributed by atoms with E-state index in [1.54, 1.807) is 0 Å². The number of anilines is 1. The SMILES string of the molecule is Oc1c([C@H]2CCCCN2)cccc1N1CCNCC1. The van der Waals surface area contributed by atoms with Crippen LogP contribution in [-0.4, -0.2) is 37.8 Å². The van der Waals surface area contributed by atoms with Crippen molar-refractivity contribution < 1.29 is 5.11 Å². The third kappa shape index (κ3) is 2.69. The van der Waals surface area contributed by atoms with Crippen molar-refractivity contribution in [3.05, 3.63) is 23.8 Å². The van der Waals surface area contributed by atoms with Gasteiger partial charge in [0.25, 0.3) is 0 Å². The first-order valence-corrected chi connectivity index (χ1v) is 7.37. The maximum atomic E-state index is 10.6. The molecule has 1 aromatic rings. The number of benzene rings is 1. The third-order valence-electron chi connectivity index (χ3n) is 4.19. The highest BCUT2D eigenvalue weighted by molar-refractivity contribution is 5.62. The van der Waals surface area contributed by atoms with E-state index in [1.165, 1.54) is 12.8 Å². The van der Waals surface area contributed by atoms with Crippen molar-refractivity contribution in [1.29, 1.82) is 0 Å². The molecule has 0 spiro atoms. The topological polar surface area (TPSA) is 47.5 Å². The first kappa shape index (κ1) is 12.8. The standard InChI is InChI=1S/C15H23N3O/c19-15-12(13-5-1-2-7-17-13)4-3-6-14(15)18-10-8-16-9-11-18/h3-4,6,13,16-17,19H,1-2,5,7-11H2/t13-/m1/s1. The molecule has 0 aliphatic carbocycles. The lowest BCUT2D eigenvalue weighted by atomic mass is 9.96. The van der Waals surface area contributed by atoms with Gasteiger partial charge in [-0.25, -0.2) is 0 Å². The highest BCUT2D eigenvalue weighted by Gasteiger charge is 2.22. The summed E-state index contributed by atoms with van der Waals surface area (Å²) in [6.07, 6.45) is 3.61. The van der Waals surface area contributed by atoms with Crippen LogP contribution < -0.4 is 15.5 Å². The highest BCUT2D eigenvalue weighted by atomic mass is 16.3. The van der Waals surface area contributed by atoms with E-state index in [2.05, 4.69) is 27.7 Å². The Morgan fingerprint density at radius 3 is 2.68 bits per heavy atom. The van der Waals surface area contributed by atoms with Gasteiger partial charge in [-0.2, -0.15) is 0 Å². The second kappa shape index (κ2) is 5.80. The normalized spacial score (nSPS) is 24.4. The Morgan fingerprint density at radius 1 is 1.11 bits per heavy atom. The lowest BCUT2D eigenvalue weighted by Gasteiger charge is -2.32. The number of aromatic hydroxyl groups is 1. The van der Waals surface area contributed by atoms with Gasteiger partial charge < -0.3 is 20.6 Å². The van der Waals surface area contributed by atoms with Gasteiger partial charge in [0.2, 0.25) is 0 Å². The van der Waals surface area contributed by atoms with Crippen LogP contribution in [0.1, 0.15) is 30.9 Å².